The van der Waals surface area contributed by atoms with Crippen LogP contribution in [-0.4, -0.2) is 21.0 Å². The molecule has 0 saturated heterocycles. The summed E-state index contributed by atoms with van der Waals surface area (Å²) in [5.74, 6) is 0. The number of carbonyl (C=O) groups excluding carboxylic acids is 1. The molecule has 0 spiro atoms. The maximum atomic E-state index is 11.8. The molecule has 3 aromatic rings. The molecular formula is C14H11ClN4O2S. The standard InChI is InChI=1S/C14H11ClN4O2S/c1-8-10-11(18-12(15)16-8)22-13(17-10)19-14(20)21-7-9-5-3-2-4-6-9/h2-6H,7H2,1H3,(H,17,19,20). The van der Waals surface area contributed by atoms with Crippen LogP contribution >= 0.6 is 22.9 Å². The van der Waals surface area contributed by atoms with Crippen molar-refractivity contribution in [3.8, 4) is 0 Å². The molecule has 0 aliphatic heterocycles. The van der Waals surface area contributed by atoms with Gasteiger partial charge in [0.05, 0.1) is 5.69 Å². The van der Waals surface area contributed by atoms with E-state index in [2.05, 4.69) is 20.3 Å². The lowest BCUT2D eigenvalue weighted by Crippen LogP contribution is -2.13. The van der Waals surface area contributed by atoms with Gasteiger partial charge in [0.1, 0.15) is 12.1 Å². The minimum atomic E-state index is -0.570. The van der Waals surface area contributed by atoms with Crippen molar-refractivity contribution in [3.63, 3.8) is 0 Å². The monoisotopic (exact) mass is 334 g/mol. The molecule has 0 saturated carbocycles. The molecule has 1 N–H and O–H groups in total. The number of benzene rings is 1. The molecule has 0 radical (unpaired) electrons. The minimum absolute atomic E-state index is 0.159. The minimum Gasteiger partial charge on any atom is -0.444 e. The summed E-state index contributed by atoms with van der Waals surface area (Å²) in [6.45, 7) is 1.98. The molecule has 6 nitrogen and oxygen atoms in total. The second kappa shape index (κ2) is 6.25. The maximum absolute atomic E-state index is 11.8. The number of aryl methyl sites for hydroxylation is 1. The van der Waals surface area contributed by atoms with E-state index >= 15 is 0 Å². The number of thiazole rings is 1. The van der Waals surface area contributed by atoms with Crippen molar-refractivity contribution in [2.24, 2.45) is 0 Å². The summed E-state index contributed by atoms with van der Waals surface area (Å²) >= 11 is 7.02. The molecular weight excluding hydrogens is 324 g/mol. The molecule has 2 heterocycles. The van der Waals surface area contributed by atoms with Crippen molar-refractivity contribution >= 4 is 44.5 Å². The van der Waals surface area contributed by atoms with E-state index in [0.717, 1.165) is 5.56 Å². The van der Waals surface area contributed by atoms with Gasteiger partial charge in [-0.1, -0.05) is 41.7 Å². The number of rotatable bonds is 3. The molecule has 8 heteroatoms. The van der Waals surface area contributed by atoms with Gasteiger partial charge in [-0.05, 0) is 24.1 Å². The van der Waals surface area contributed by atoms with Crippen LogP contribution in [-0.2, 0) is 11.3 Å². The fourth-order valence-electron chi connectivity index (χ4n) is 1.82. The Kier molecular flexibility index (Phi) is 4.17. The van der Waals surface area contributed by atoms with Crippen LogP contribution in [0, 0.1) is 6.92 Å². The first kappa shape index (κ1) is 14.7. The quantitative estimate of drug-likeness (QED) is 0.737. The third-order valence-corrected chi connectivity index (χ3v) is 3.86. The van der Waals surface area contributed by atoms with Gasteiger partial charge in [-0.15, -0.1) is 0 Å². The molecule has 0 aliphatic rings. The first-order chi connectivity index (χ1) is 10.6. The number of nitrogens with one attached hydrogen (secondary N) is 1. The van der Waals surface area contributed by atoms with Gasteiger partial charge in [-0.3, -0.25) is 5.32 Å². The molecule has 2 aromatic heterocycles. The fraction of sp³-hybridized carbons (Fsp3) is 0.143. The van der Waals surface area contributed by atoms with Crippen LogP contribution in [0.1, 0.15) is 11.3 Å². The van der Waals surface area contributed by atoms with Crippen LogP contribution in [0.2, 0.25) is 5.28 Å². The molecule has 0 unspecified atom stereocenters. The van der Waals surface area contributed by atoms with Gasteiger partial charge in [0.2, 0.25) is 5.28 Å². The van der Waals surface area contributed by atoms with Crippen molar-refractivity contribution in [1.29, 1.82) is 0 Å². The number of amides is 1. The number of nitrogens with zero attached hydrogens (tertiary/aromatic N) is 3. The van der Waals surface area contributed by atoms with E-state index in [1.807, 2.05) is 30.3 Å². The Morgan fingerprint density at radius 3 is 2.82 bits per heavy atom. The fourth-order valence-corrected chi connectivity index (χ4v) is 2.96. The average Bonchev–Trinajstić information content (AvgIpc) is 2.89. The highest BCUT2D eigenvalue weighted by atomic mass is 35.5. The van der Waals surface area contributed by atoms with Crippen molar-refractivity contribution < 1.29 is 9.53 Å². The Morgan fingerprint density at radius 1 is 1.27 bits per heavy atom. The number of ether oxygens (including phenoxy) is 1. The molecule has 1 aromatic carbocycles. The van der Waals surface area contributed by atoms with Gasteiger partial charge < -0.3 is 4.74 Å². The highest BCUT2D eigenvalue weighted by molar-refractivity contribution is 7.22. The van der Waals surface area contributed by atoms with E-state index in [9.17, 15) is 4.79 Å². The van der Waals surface area contributed by atoms with Crippen LogP contribution in [0.15, 0.2) is 30.3 Å². The Labute approximate surface area is 135 Å². The van der Waals surface area contributed by atoms with E-state index in [0.29, 0.717) is 21.2 Å². The summed E-state index contributed by atoms with van der Waals surface area (Å²) in [4.78, 5) is 24.8. The van der Waals surface area contributed by atoms with Crippen LogP contribution < -0.4 is 5.32 Å². The lowest BCUT2D eigenvalue weighted by atomic mass is 10.2. The lowest BCUT2D eigenvalue weighted by Gasteiger charge is -2.04. The molecule has 0 aliphatic carbocycles. The molecule has 3 rings (SSSR count). The summed E-state index contributed by atoms with van der Waals surface area (Å²) in [5, 5.41) is 3.14. The second-order valence-corrected chi connectivity index (χ2v) is 5.75. The molecule has 112 valence electrons. The molecule has 22 heavy (non-hydrogen) atoms. The summed E-state index contributed by atoms with van der Waals surface area (Å²) in [7, 11) is 0. The zero-order chi connectivity index (χ0) is 15.5. The highest BCUT2D eigenvalue weighted by Gasteiger charge is 2.12. The van der Waals surface area contributed by atoms with Gasteiger partial charge in [-0.2, -0.15) is 0 Å². The van der Waals surface area contributed by atoms with Crippen molar-refractivity contribution in [3.05, 3.63) is 46.9 Å². The Morgan fingerprint density at radius 2 is 2.05 bits per heavy atom. The van der Waals surface area contributed by atoms with Crippen molar-refractivity contribution in [2.45, 2.75) is 13.5 Å². The molecule has 0 atom stereocenters. The second-order valence-electron chi connectivity index (χ2n) is 4.44. The van der Waals surface area contributed by atoms with Gasteiger partial charge in [0, 0.05) is 0 Å². The van der Waals surface area contributed by atoms with E-state index in [1.165, 1.54) is 11.3 Å². The van der Waals surface area contributed by atoms with Crippen molar-refractivity contribution in [2.75, 3.05) is 5.32 Å². The third-order valence-electron chi connectivity index (χ3n) is 2.83. The van der Waals surface area contributed by atoms with E-state index in [1.54, 1.807) is 6.92 Å². The number of carbonyl (C=O) groups is 1. The normalized spacial score (nSPS) is 10.6. The van der Waals surface area contributed by atoms with Crippen LogP contribution in [0.3, 0.4) is 0 Å². The largest absolute Gasteiger partial charge is 0.444 e. The first-order valence-electron chi connectivity index (χ1n) is 6.40. The number of hydrogen-bond acceptors (Lipinski definition) is 6. The van der Waals surface area contributed by atoms with Gasteiger partial charge in [-0.25, -0.2) is 19.7 Å². The van der Waals surface area contributed by atoms with E-state index in [4.69, 9.17) is 16.3 Å². The van der Waals surface area contributed by atoms with Crippen LogP contribution in [0.4, 0.5) is 9.93 Å². The highest BCUT2D eigenvalue weighted by Crippen LogP contribution is 2.26. The van der Waals surface area contributed by atoms with Gasteiger partial charge in [0.25, 0.3) is 0 Å². The summed E-state index contributed by atoms with van der Waals surface area (Å²) in [6.07, 6.45) is -0.570. The SMILES string of the molecule is Cc1nc(Cl)nc2sc(NC(=O)OCc3ccccc3)nc12. The predicted molar refractivity (Wildman–Crippen MR) is 85.2 cm³/mol. The zero-order valence-corrected chi connectivity index (χ0v) is 13.1. The Bertz CT molecular complexity index is 822. The summed E-state index contributed by atoms with van der Waals surface area (Å²) in [6, 6.07) is 9.43. The number of aromatic nitrogens is 3. The molecule has 0 bridgehead atoms. The predicted octanol–water partition coefficient (Wildman–Crippen LogP) is 3.80. The number of anilines is 1. The first-order valence-corrected chi connectivity index (χ1v) is 7.59. The Balaban J connectivity index is 1.68. The molecule has 1 amide bonds. The average molecular weight is 335 g/mol. The topological polar surface area (TPSA) is 77.0 Å². The van der Waals surface area contributed by atoms with Crippen LogP contribution in [0.5, 0.6) is 0 Å². The maximum Gasteiger partial charge on any atom is 0.413 e. The number of fused-ring (bicyclic) bond motifs is 1. The summed E-state index contributed by atoms with van der Waals surface area (Å²) in [5.41, 5.74) is 2.19. The van der Waals surface area contributed by atoms with E-state index in [-0.39, 0.29) is 11.9 Å². The third kappa shape index (κ3) is 3.32. The lowest BCUT2D eigenvalue weighted by molar-refractivity contribution is 0.155. The van der Waals surface area contributed by atoms with Crippen LogP contribution in [0.25, 0.3) is 10.3 Å². The molecule has 0 fully saturated rings. The number of halogens is 1. The zero-order valence-electron chi connectivity index (χ0n) is 11.5. The van der Waals surface area contributed by atoms with Gasteiger partial charge in [0.15, 0.2) is 9.96 Å². The summed E-state index contributed by atoms with van der Waals surface area (Å²) < 4.78 is 5.14. The number of hydrogen-bond donors (Lipinski definition) is 1. The van der Waals surface area contributed by atoms with E-state index < -0.39 is 6.09 Å². The van der Waals surface area contributed by atoms with Crippen molar-refractivity contribution in [1.82, 2.24) is 15.0 Å². The smallest absolute Gasteiger partial charge is 0.413 e. The Hall–Kier alpha value is -2.25. The van der Waals surface area contributed by atoms with Gasteiger partial charge >= 0.3 is 6.09 Å².